The van der Waals surface area contributed by atoms with E-state index >= 15 is 0 Å². The summed E-state index contributed by atoms with van der Waals surface area (Å²) in [5.74, 6) is 0.949. The Balaban J connectivity index is 2.13. The number of nitrogens with one attached hydrogen (secondary N) is 2. The summed E-state index contributed by atoms with van der Waals surface area (Å²) < 4.78 is 0. The summed E-state index contributed by atoms with van der Waals surface area (Å²) in [7, 11) is 0. The predicted octanol–water partition coefficient (Wildman–Crippen LogP) is 0.715. The number of rotatable bonds is 5. The molecule has 0 bridgehead atoms. The van der Waals surface area contributed by atoms with E-state index in [1.807, 2.05) is 18.2 Å². The van der Waals surface area contributed by atoms with Crippen molar-refractivity contribution in [3.8, 4) is 0 Å². The van der Waals surface area contributed by atoms with Gasteiger partial charge in [-0.2, -0.15) is 11.8 Å². The Hall–Kier alpha value is -1.56. The van der Waals surface area contributed by atoms with Crippen LogP contribution < -0.4 is 11.1 Å². The van der Waals surface area contributed by atoms with Gasteiger partial charge in [-0.05, 0) is 12.1 Å². The highest BCUT2D eigenvalue weighted by Gasteiger charge is 2.02. The van der Waals surface area contributed by atoms with Crippen molar-refractivity contribution in [2.45, 2.75) is 12.2 Å². The van der Waals surface area contributed by atoms with E-state index in [9.17, 15) is 4.79 Å². The third-order valence-electron chi connectivity index (χ3n) is 1.72. The summed E-state index contributed by atoms with van der Waals surface area (Å²) in [5.41, 5.74) is 6.02. The fourth-order valence-electron chi connectivity index (χ4n) is 1.04. The van der Waals surface area contributed by atoms with Gasteiger partial charge in [-0.25, -0.2) is 0 Å². The van der Waals surface area contributed by atoms with Crippen LogP contribution in [0.3, 0.4) is 0 Å². The molecule has 0 saturated carbocycles. The third-order valence-corrected chi connectivity index (χ3v) is 2.72. The number of guanidine groups is 1. The molecule has 0 unspecified atom stereocenters. The molecule has 0 spiro atoms. The molecule has 1 heterocycles. The van der Waals surface area contributed by atoms with Crippen LogP contribution in [0.5, 0.6) is 0 Å². The van der Waals surface area contributed by atoms with Gasteiger partial charge in [0.2, 0.25) is 5.91 Å². The van der Waals surface area contributed by atoms with Crippen molar-refractivity contribution in [1.29, 1.82) is 5.41 Å². The second-order valence-corrected chi connectivity index (χ2v) is 4.19. The van der Waals surface area contributed by atoms with Crippen LogP contribution in [0, 0.1) is 5.41 Å². The largest absolute Gasteiger partial charge is 0.370 e. The number of hydrogen-bond donors (Lipinski definition) is 3. The van der Waals surface area contributed by atoms with Crippen LogP contribution in [0.4, 0.5) is 0 Å². The molecule has 4 N–H and O–H groups in total. The van der Waals surface area contributed by atoms with Gasteiger partial charge in [0, 0.05) is 24.1 Å². The highest BCUT2D eigenvalue weighted by atomic mass is 32.2. The summed E-state index contributed by atoms with van der Waals surface area (Å²) in [6, 6.07) is 5.75. The first-order valence-electron chi connectivity index (χ1n) is 4.80. The summed E-state index contributed by atoms with van der Waals surface area (Å²) >= 11 is 1.63. The minimum Gasteiger partial charge on any atom is -0.370 e. The second-order valence-electron chi connectivity index (χ2n) is 3.09. The molecule has 16 heavy (non-hydrogen) atoms. The van der Waals surface area contributed by atoms with Gasteiger partial charge in [0.05, 0.1) is 5.69 Å². The third kappa shape index (κ3) is 5.35. The lowest BCUT2D eigenvalue weighted by Crippen LogP contribution is -2.35. The Morgan fingerprint density at radius 1 is 1.56 bits per heavy atom. The maximum Gasteiger partial charge on any atom is 0.227 e. The highest BCUT2D eigenvalue weighted by Crippen LogP contribution is 2.10. The van der Waals surface area contributed by atoms with Crippen LogP contribution in [0.2, 0.25) is 0 Å². The molecule has 1 rings (SSSR count). The molecule has 5 nitrogen and oxygen atoms in total. The molecule has 0 radical (unpaired) electrons. The van der Waals surface area contributed by atoms with Crippen LogP contribution in [-0.2, 0) is 10.5 Å². The number of nitrogens with two attached hydrogens (primary N) is 1. The maximum atomic E-state index is 11.1. The first kappa shape index (κ1) is 12.5. The van der Waals surface area contributed by atoms with Crippen LogP contribution in [0.1, 0.15) is 12.1 Å². The standard InChI is InChI=1S/C10H14N4OS/c11-10(12)14-9(15)4-6-16-7-8-3-1-2-5-13-8/h1-3,5H,4,6-7H2,(H4,11,12,14,15). The molecule has 0 aliphatic rings. The molecular formula is C10H14N4OS. The summed E-state index contributed by atoms with van der Waals surface area (Å²) in [6.07, 6.45) is 2.11. The topological polar surface area (TPSA) is 91.9 Å². The first-order chi connectivity index (χ1) is 7.68. The predicted molar refractivity (Wildman–Crippen MR) is 65.1 cm³/mol. The van der Waals surface area contributed by atoms with E-state index in [4.69, 9.17) is 11.1 Å². The maximum absolute atomic E-state index is 11.1. The van der Waals surface area contributed by atoms with E-state index in [1.54, 1.807) is 18.0 Å². The van der Waals surface area contributed by atoms with E-state index in [2.05, 4.69) is 10.3 Å². The molecule has 0 aliphatic carbocycles. The van der Waals surface area contributed by atoms with E-state index in [1.165, 1.54) is 0 Å². The fraction of sp³-hybridized carbons (Fsp3) is 0.300. The minimum absolute atomic E-state index is 0.221. The van der Waals surface area contributed by atoms with Crippen LogP contribution >= 0.6 is 11.8 Å². The Labute approximate surface area is 98.3 Å². The van der Waals surface area contributed by atoms with Gasteiger partial charge < -0.3 is 5.73 Å². The minimum atomic E-state index is -0.306. The lowest BCUT2D eigenvalue weighted by molar-refractivity contribution is -0.119. The van der Waals surface area contributed by atoms with Crippen molar-refractivity contribution in [1.82, 2.24) is 10.3 Å². The summed E-state index contributed by atoms with van der Waals surface area (Å²) in [4.78, 5) is 15.3. The first-order valence-corrected chi connectivity index (χ1v) is 5.95. The number of pyridine rings is 1. The van der Waals surface area contributed by atoms with Gasteiger partial charge in [-0.3, -0.25) is 20.5 Å². The Morgan fingerprint density at radius 3 is 3.00 bits per heavy atom. The van der Waals surface area contributed by atoms with Crippen molar-refractivity contribution in [3.63, 3.8) is 0 Å². The zero-order chi connectivity index (χ0) is 11.8. The molecule has 86 valence electrons. The average Bonchev–Trinajstić information content (AvgIpc) is 2.25. The fourth-order valence-corrected chi connectivity index (χ4v) is 1.89. The Kier molecular flexibility index (Phi) is 5.35. The quantitative estimate of drug-likeness (QED) is 0.400. The van der Waals surface area contributed by atoms with Crippen molar-refractivity contribution < 1.29 is 4.79 Å². The van der Waals surface area contributed by atoms with Gasteiger partial charge in [0.1, 0.15) is 0 Å². The van der Waals surface area contributed by atoms with Gasteiger partial charge in [0.25, 0.3) is 0 Å². The monoisotopic (exact) mass is 238 g/mol. The van der Waals surface area contributed by atoms with E-state index < -0.39 is 0 Å². The Morgan fingerprint density at radius 2 is 2.38 bits per heavy atom. The highest BCUT2D eigenvalue weighted by molar-refractivity contribution is 7.98. The Bertz CT molecular complexity index is 355. The van der Waals surface area contributed by atoms with Gasteiger partial charge in [-0.15, -0.1) is 0 Å². The second kappa shape index (κ2) is 6.84. The van der Waals surface area contributed by atoms with E-state index in [0.717, 1.165) is 11.4 Å². The lowest BCUT2D eigenvalue weighted by atomic mass is 10.4. The molecule has 0 aliphatic heterocycles. The molecule has 0 saturated heterocycles. The average molecular weight is 238 g/mol. The number of carbonyl (C=O) groups excluding carboxylic acids is 1. The lowest BCUT2D eigenvalue weighted by Gasteiger charge is -2.02. The van der Waals surface area contributed by atoms with Crippen molar-refractivity contribution in [2.24, 2.45) is 5.73 Å². The zero-order valence-corrected chi connectivity index (χ0v) is 9.59. The molecule has 0 fully saturated rings. The number of hydrogen-bond acceptors (Lipinski definition) is 4. The van der Waals surface area contributed by atoms with Crippen molar-refractivity contribution >= 4 is 23.6 Å². The molecule has 0 aromatic carbocycles. The summed E-state index contributed by atoms with van der Waals surface area (Å²) in [5, 5.41) is 9.10. The number of amides is 1. The van der Waals surface area contributed by atoms with Crippen molar-refractivity contribution in [3.05, 3.63) is 30.1 Å². The van der Waals surface area contributed by atoms with Gasteiger partial charge in [-0.1, -0.05) is 6.07 Å². The zero-order valence-electron chi connectivity index (χ0n) is 8.77. The molecule has 1 aromatic rings. The molecule has 1 aromatic heterocycles. The molecular weight excluding hydrogens is 224 g/mol. The normalized spacial score (nSPS) is 9.75. The van der Waals surface area contributed by atoms with Gasteiger partial charge >= 0.3 is 0 Å². The van der Waals surface area contributed by atoms with Gasteiger partial charge in [0.15, 0.2) is 5.96 Å². The van der Waals surface area contributed by atoms with Crippen LogP contribution in [-0.4, -0.2) is 22.6 Å². The smallest absolute Gasteiger partial charge is 0.227 e. The van der Waals surface area contributed by atoms with Crippen LogP contribution in [0.15, 0.2) is 24.4 Å². The summed E-state index contributed by atoms with van der Waals surface area (Å²) in [6.45, 7) is 0. The molecule has 1 amide bonds. The van der Waals surface area contributed by atoms with E-state index in [0.29, 0.717) is 12.2 Å². The number of carbonyl (C=O) groups is 1. The SMILES string of the molecule is N=C(N)NC(=O)CCSCc1ccccn1. The number of thioether (sulfide) groups is 1. The van der Waals surface area contributed by atoms with Crippen molar-refractivity contribution in [2.75, 3.05) is 5.75 Å². The molecule has 6 heteroatoms. The van der Waals surface area contributed by atoms with E-state index in [-0.39, 0.29) is 11.9 Å². The number of nitrogens with zero attached hydrogens (tertiary/aromatic N) is 1. The number of aromatic nitrogens is 1. The molecule has 0 atom stereocenters. The van der Waals surface area contributed by atoms with Crippen LogP contribution in [0.25, 0.3) is 0 Å².